The number of hydrogen-bond acceptors (Lipinski definition) is 3. The summed E-state index contributed by atoms with van der Waals surface area (Å²) in [5.41, 5.74) is 9.78. The van der Waals surface area contributed by atoms with Crippen molar-refractivity contribution in [3.05, 3.63) is 23.0 Å². The normalized spacial score (nSPS) is 18.4. The van der Waals surface area contributed by atoms with Gasteiger partial charge in [-0.1, -0.05) is 13.8 Å². The summed E-state index contributed by atoms with van der Waals surface area (Å²) in [6.07, 6.45) is 2.44. The van der Waals surface area contributed by atoms with Gasteiger partial charge in [0.15, 0.2) is 0 Å². The average molecular weight is 260 g/mol. The zero-order valence-corrected chi connectivity index (χ0v) is 12.4. The van der Waals surface area contributed by atoms with Gasteiger partial charge in [0.1, 0.15) is 5.84 Å². The Labute approximate surface area is 115 Å². The molecule has 0 aliphatic carbocycles. The molecule has 0 saturated carbocycles. The first kappa shape index (κ1) is 13.8. The van der Waals surface area contributed by atoms with Crippen LogP contribution in [0.5, 0.6) is 0 Å². The molecule has 0 unspecified atom stereocenters. The largest absolute Gasteiger partial charge is 0.384 e. The summed E-state index contributed by atoms with van der Waals surface area (Å²) in [4.78, 5) is 6.80. The molecule has 1 fully saturated rings. The monoisotopic (exact) mass is 260 g/mol. The van der Waals surface area contributed by atoms with Crippen LogP contribution in [0.25, 0.3) is 0 Å². The first-order valence-electron chi connectivity index (χ1n) is 6.88. The van der Waals surface area contributed by atoms with Gasteiger partial charge < -0.3 is 10.6 Å². The molecular weight excluding hydrogens is 236 g/mol. The number of anilines is 1. The number of hydrogen-bond donors (Lipinski definition) is 2. The van der Waals surface area contributed by atoms with E-state index >= 15 is 0 Å². The lowest BCUT2D eigenvalue weighted by atomic mass is 9.83. The molecule has 1 aliphatic heterocycles. The highest BCUT2D eigenvalue weighted by Gasteiger charge is 2.28. The van der Waals surface area contributed by atoms with Gasteiger partial charge in [0.2, 0.25) is 0 Å². The smallest absolute Gasteiger partial charge is 0.126 e. The fourth-order valence-corrected chi connectivity index (χ4v) is 3.02. The molecule has 0 spiro atoms. The molecule has 104 valence electrons. The van der Waals surface area contributed by atoms with E-state index in [-0.39, 0.29) is 5.84 Å². The number of amidine groups is 1. The van der Waals surface area contributed by atoms with E-state index in [1.165, 1.54) is 12.8 Å². The van der Waals surface area contributed by atoms with Crippen LogP contribution in [-0.2, 0) is 0 Å². The van der Waals surface area contributed by atoms with Gasteiger partial charge in [0, 0.05) is 18.8 Å². The number of nitrogens with two attached hydrogens (primary N) is 1. The molecule has 2 rings (SSSR count). The predicted octanol–water partition coefficient (Wildman–Crippen LogP) is 2.61. The van der Waals surface area contributed by atoms with Crippen molar-refractivity contribution in [3.63, 3.8) is 0 Å². The van der Waals surface area contributed by atoms with Gasteiger partial charge in [-0.2, -0.15) is 0 Å². The standard InChI is InChI=1S/C15H24N4/c1-10-8-12(13(14(16)17)11(2)18-10)19-7-5-6-15(3,4)9-19/h8H,5-7,9H2,1-4H3,(H3,16,17). The minimum absolute atomic E-state index is 0.114. The summed E-state index contributed by atoms with van der Waals surface area (Å²) in [6.45, 7) is 10.6. The van der Waals surface area contributed by atoms with Gasteiger partial charge in [-0.15, -0.1) is 0 Å². The molecule has 3 N–H and O–H groups in total. The Morgan fingerprint density at radius 1 is 1.42 bits per heavy atom. The van der Waals surface area contributed by atoms with Crippen molar-refractivity contribution in [2.75, 3.05) is 18.0 Å². The maximum absolute atomic E-state index is 7.82. The zero-order chi connectivity index (χ0) is 14.2. The van der Waals surface area contributed by atoms with Crippen LogP contribution < -0.4 is 10.6 Å². The lowest BCUT2D eigenvalue weighted by Crippen LogP contribution is -2.41. The predicted molar refractivity (Wildman–Crippen MR) is 80.0 cm³/mol. The quantitative estimate of drug-likeness (QED) is 0.634. The number of piperidine rings is 1. The molecule has 1 saturated heterocycles. The number of nitrogens with one attached hydrogen (secondary N) is 1. The molecule has 0 bridgehead atoms. The van der Waals surface area contributed by atoms with Gasteiger partial charge >= 0.3 is 0 Å². The Balaban J connectivity index is 2.46. The van der Waals surface area contributed by atoms with Gasteiger partial charge in [0.25, 0.3) is 0 Å². The van der Waals surface area contributed by atoms with Crippen LogP contribution in [0.4, 0.5) is 5.69 Å². The van der Waals surface area contributed by atoms with Gasteiger partial charge in [-0.25, -0.2) is 0 Å². The third-order valence-corrected chi connectivity index (χ3v) is 3.82. The van der Waals surface area contributed by atoms with E-state index in [0.717, 1.165) is 35.7 Å². The minimum Gasteiger partial charge on any atom is -0.384 e. The number of nitrogen functional groups attached to an aromatic ring is 1. The molecule has 1 aromatic heterocycles. The number of aryl methyl sites for hydroxylation is 2. The van der Waals surface area contributed by atoms with Crippen LogP contribution in [0, 0.1) is 24.7 Å². The Morgan fingerprint density at radius 2 is 2.11 bits per heavy atom. The molecule has 1 aliphatic rings. The minimum atomic E-state index is 0.114. The maximum Gasteiger partial charge on any atom is 0.126 e. The fraction of sp³-hybridized carbons (Fsp3) is 0.600. The van der Waals surface area contributed by atoms with Crippen molar-refractivity contribution in [2.45, 2.75) is 40.5 Å². The summed E-state index contributed by atoms with van der Waals surface area (Å²) >= 11 is 0. The first-order valence-corrected chi connectivity index (χ1v) is 6.88. The molecule has 0 radical (unpaired) electrons. The van der Waals surface area contributed by atoms with Crippen molar-refractivity contribution in [3.8, 4) is 0 Å². The first-order chi connectivity index (χ1) is 8.80. The van der Waals surface area contributed by atoms with Crippen LogP contribution in [0.2, 0.25) is 0 Å². The van der Waals surface area contributed by atoms with E-state index in [4.69, 9.17) is 11.1 Å². The van der Waals surface area contributed by atoms with Crippen LogP contribution in [0.15, 0.2) is 6.07 Å². The second kappa shape index (κ2) is 4.83. The summed E-state index contributed by atoms with van der Waals surface area (Å²) in [5.74, 6) is 0.114. The van der Waals surface area contributed by atoms with E-state index in [1.54, 1.807) is 0 Å². The van der Waals surface area contributed by atoms with E-state index in [0.29, 0.717) is 5.41 Å². The van der Waals surface area contributed by atoms with Gasteiger partial charge in [0.05, 0.1) is 16.9 Å². The molecule has 19 heavy (non-hydrogen) atoms. The Hall–Kier alpha value is -1.58. The Morgan fingerprint density at radius 3 is 2.68 bits per heavy atom. The van der Waals surface area contributed by atoms with Crippen molar-refractivity contribution >= 4 is 11.5 Å². The highest BCUT2D eigenvalue weighted by Crippen LogP contribution is 2.33. The lowest BCUT2D eigenvalue weighted by Gasteiger charge is -2.40. The van der Waals surface area contributed by atoms with Crippen molar-refractivity contribution in [2.24, 2.45) is 11.1 Å². The fourth-order valence-electron chi connectivity index (χ4n) is 3.02. The summed E-state index contributed by atoms with van der Waals surface area (Å²) in [6, 6.07) is 2.06. The van der Waals surface area contributed by atoms with Crippen LogP contribution in [0.1, 0.15) is 43.6 Å². The molecule has 0 atom stereocenters. The van der Waals surface area contributed by atoms with Gasteiger partial charge in [-0.3, -0.25) is 10.4 Å². The molecule has 2 heterocycles. The van der Waals surface area contributed by atoms with E-state index in [1.807, 2.05) is 13.8 Å². The Kier molecular flexibility index (Phi) is 3.52. The third-order valence-electron chi connectivity index (χ3n) is 3.82. The van der Waals surface area contributed by atoms with E-state index in [2.05, 4.69) is 29.8 Å². The van der Waals surface area contributed by atoms with E-state index in [9.17, 15) is 0 Å². The van der Waals surface area contributed by atoms with Crippen LogP contribution in [0.3, 0.4) is 0 Å². The number of pyridine rings is 1. The second-order valence-electron chi connectivity index (χ2n) is 6.35. The summed E-state index contributed by atoms with van der Waals surface area (Å²) in [5, 5.41) is 7.82. The molecular formula is C15H24N4. The zero-order valence-electron chi connectivity index (χ0n) is 12.4. The topological polar surface area (TPSA) is 66.0 Å². The van der Waals surface area contributed by atoms with Gasteiger partial charge in [-0.05, 0) is 38.2 Å². The van der Waals surface area contributed by atoms with Crippen molar-refractivity contribution in [1.82, 2.24) is 4.98 Å². The number of rotatable bonds is 2. The second-order valence-corrected chi connectivity index (χ2v) is 6.35. The summed E-state index contributed by atoms with van der Waals surface area (Å²) in [7, 11) is 0. The maximum atomic E-state index is 7.82. The van der Waals surface area contributed by atoms with E-state index < -0.39 is 0 Å². The molecule has 4 heteroatoms. The molecule has 1 aromatic rings. The highest BCUT2D eigenvalue weighted by atomic mass is 15.1. The third kappa shape index (κ3) is 2.88. The molecule has 0 aromatic carbocycles. The summed E-state index contributed by atoms with van der Waals surface area (Å²) < 4.78 is 0. The van der Waals surface area contributed by atoms with Crippen LogP contribution >= 0.6 is 0 Å². The molecule has 4 nitrogen and oxygen atoms in total. The SMILES string of the molecule is Cc1cc(N2CCCC(C)(C)C2)c(C(=N)N)c(C)n1. The number of nitrogens with zero attached hydrogens (tertiary/aromatic N) is 2. The van der Waals surface area contributed by atoms with Crippen molar-refractivity contribution < 1.29 is 0 Å². The number of aromatic nitrogens is 1. The van der Waals surface area contributed by atoms with Crippen molar-refractivity contribution in [1.29, 1.82) is 5.41 Å². The van der Waals surface area contributed by atoms with Crippen LogP contribution in [-0.4, -0.2) is 23.9 Å². The molecule has 0 amide bonds. The Bertz CT molecular complexity index is 505. The highest BCUT2D eigenvalue weighted by molar-refractivity contribution is 6.01. The average Bonchev–Trinajstić information content (AvgIpc) is 2.25. The lowest BCUT2D eigenvalue weighted by molar-refractivity contribution is 0.293.